The predicted molar refractivity (Wildman–Crippen MR) is 91.7 cm³/mol. The van der Waals surface area contributed by atoms with Crippen molar-refractivity contribution in [3.8, 4) is 11.3 Å². The molecule has 0 aliphatic carbocycles. The lowest BCUT2D eigenvalue weighted by atomic mass is 10.2. The van der Waals surface area contributed by atoms with Crippen LogP contribution in [-0.4, -0.2) is 33.4 Å². The number of hydrogen-bond acceptors (Lipinski definition) is 4. The number of thiazole rings is 1. The van der Waals surface area contributed by atoms with E-state index in [1.54, 1.807) is 0 Å². The monoisotopic (exact) mass is 333 g/mol. The van der Waals surface area contributed by atoms with Crippen molar-refractivity contribution >= 4 is 34.3 Å². The maximum absolute atomic E-state index is 10.2. The summed E-state index contributed by atoms with van der Waals surface area (Å²) in [4.78, 5) is 6.43. The highest BCUT2D eigenvalue weighted by Gasteiger charge is 2.31. The summed E-state index contributed by atoms with van der Waals surface area (Å²) in [6.45, 7) is 4.38. The SMILES string of the molecule is CC(C)N1CC(O)=C(c2nc(-c3cccc(Cl)c3)cs2)C1=N. The normalized spacial score (nSPS) is 15.3. The van der Waals surface area contributed by atoms with Gasteiger partial charge in [0.1, 0.15) is 16.6 Å². The minimum absolute atomic E-state index is 0.166. The van der Waals surface area contributed by atoms with E-state index in [0.29, 0.717) is 28.0 Å². The van der Waals surface area contributed by atoms with Crippen molar-refractivity contribution in [1.82, 2.24) is 9.88 Å². The molecule has 3 rings (SSSR count). The molecule has 0 atom stereocenters. The van der Waals surface area contributed by atoms with Gasteiger partial charge < -0.3 is 10.0 Å². The second kappa shape index (κ2) is 5.74. The third-order valence-corrected chi connectivity index (χ3v) is 4.69. The number of aliphatic hydroxyl groups is 1. The van der Waals surface area contributed by atoms with Gasteiger partial charge in [0.2, 0.25) is 0 Å². The maximum atomic E-state index is 10.2. The van der Waals surface area contributed by atoms with Gasteiger partial charge in [-0.3, -0.25) is 5.41 Å². The van der Waals surface area contributed by atoms with E-state index in [1.165, 1.54) is 11.3 Å². The highest BCUT2D eigenvalue weighted by molar-refractivity contribution is 7.11. The first-order valence-electron chi connectivity index (χ1n) is 6.97. The Labute approximate surface area is 138 Å². The molecule has 0 saturated heterocycles. The zero-order valence-electron chi connectivity index (χ0n) is 12.3. The predicted octanol–water partition coefficient (Wildman–Crippen LogP) is 4.43. The van der Waals surface area contributed by atoms with Gasteiger partial charge in [-0.2, -0.15) is 0 Å². The molecule has 2 aromatic rings. The minimum Gasteiger partial charge on any atom is -0.510 e. The van der Waals surface area contributed by atoms with Crippen molar-refractivity contribution in [2.45, 2.75) is 19.9 Å². The van der Waals surface area contributed by atoms with Gasteiger partial charge in [-0.1, -0.05) is 23.7 Å². The Morgan fingerprint density at radius 3 is 2.82 bits per heavy atom. The molecule has 2 heterocycles. The highest BCUT2D eigenvalue weighted by atomic mass is 35.5. The fraction of sp³-hybridized carbons (Fsp3) is 0.250. The average Bonchev–Trinajstić information content (AvgIpc) is 3.04. The number of amidine groups is 1. The van der Waals surface area contributed by atoms with Crippen molar-refractivity contribution in [3.63, 3.8) is 0 Å². The first kappa shape index (κ1) is 15.1. The third-order valence-electron chi connectivity index (χ3n) is 3.59. The molecular formula is C16H16ClN3OS. The highest BCUT2D eigenvalue weighted by Crippen LogP contribution is 2.33. The van der Waals surface area contributed by atoms with E-state index in [9.17, 15) is 5.11 Å². The molecule has 0 fully saturated rings. The molecule has 0 bridgehead atoms. The largest absolute Gasteiger partial charge is 0.510 e. The Bertz CT molecular complexity index is 766. The van der Waals surface area contributed by atoms with Crippen LogP contribution in [0, 0.1) is 5.41 Å². The summed E-state index contributed by atoms with van der Waals surface area (Å²) in [5, 5.41) is 21.7. The Hall–Kier alpha value is -1.85. The van der Waals surface area contributed by atoms with E-state index < -0.39 is 0 Å². The van der Waals surface area contributed by atoms with E-state index >= 15 is 0 Å². The molecule has 0 amide bonds. The number of aromatic nitrogens is 1. The van der Waals surface area contributed by atoms with Crippen LogP contribution in [0.2, 0.25) is 5.02 Å². The van der Waals surface area contributed by atoms with Crippen LogP contribution in [0.15, 0.2) is 35.4 Å². The van der Waals surface area contributed by atoms with E-state index in [4.69, 9.17) is 17.0 Å². The fourth-order valence-electron chi connectivity index (χ4n) is 2.43. The van der Waals surface area contributed by atoms with Crippen LogP contribution >= 0.6 is 22.9 Å². The van der Waals surface area contributed by atoms with Crippen LogP contribution in [0.1, 0.15) is 18.9 Å². The standard InChI is InChI=1S/C16H16ClN3OS/c1-9(2)20-7-13(21)14(15(20)18)16-19-12(8-22-16)10-4-3-5-11(17)6-10/h3-6,8-9,18,21H,7H2,1-2H3. The van der Waals surface area contributed by atoms with Gasteiger partial charge >= 0.3 is 0 Å². The number of nitrogens with one attached hydrogen (secondary N) is 1. The number of rotatable bonds is 3. The summed E-state index contributed by atoms with van der Waals surface area (Å²) < 4.78 is 0. The molecule has 0 saturated carbocycles. The number of aliphatic hydroxyl groups excluding tert-OH is 1. The Balaban J connectivity index is 1.95. The van der Waals surface area contributed by atoms with Crippen molar-refractivity contribution in [3.05, 3.63) is 45.4 Å². The number of hydrogen-bond donors (Lipinski definition) is 2. The summed E-state index contributed by atoms with van der Waals surface area (Å²) in [6.07, 6.45) is 0. The van der Waals surface area contributed by atoms with Gasteiger partial charge in [0.25, 0.3) is 0 Å². The first-order chi connectivity index (χ1) is 10.5. The third kappa shape index (κ3) is 2.62. The Morgan fingerprint density at radius 1 is 1.41 bits per heavy atom. The molecule has 6 heteroatoms. The molecule has 0 radical (unpaired) electrons. The van der Waals surface area contributed by atoms with Crippen molar-refractivity contribution in [2.75, 3.05) is 6.54 Å². The Morgan fingerprint density at radius 2 is 2.18 bits per heavy atom. The molecule has 2 N–H and O–H groups in total. The van der Waals surface area contributed by atoms with Gasteiger partial charge in [0.15, 0.2) is 0 Å². The zero-order chi connectivity index (χ0) is 15.9. The number of nitrogens with zero attached hydrogens (tertiary/aromatic N) is 2. The lowest BCUT2D eigenvalue weighted by Gasteiger charge is -2.22. The maximum Gasteiger partial charge on any atom is 0.135 e. The molecule has 0 spiro atoms. The second-order valence-electron chi connectivity index (χ2n) is 5.44. The topological polar surface area (TPSA) is 60.2 Å². The van der Waals surface area contributed by atoms with Crippen LogP contribution in [0.25, 0.3) is 16.8 Å². The van der Waals surface area contributed by atoms with Gasteiger partial charge in [-0.05, 0) is 26.0 Å². The van der Waals surface area contributed by atoms with Crippen LogP contribution in [0.3, 0.4) is 0 Å². The van der Waals surface area contributed by atoms with Crippen molar-refractivity contribution in [1.29, 1.82) is 5.41 Å². The van der Waals surface area contributed by atoms with Crippen LogP contribution < -0.4 is 0 Å². The molecule has 1 aromatic carbocycles. The lowest BCUT2D eigenvalue weighted by Crippen LogP contribution is -2.33. The molecule has 1 aromatic heterocycles. The molecule has 4 nitrogen and oxygen atoms in total. The summed E-state index contributed by atoms with van der Waals surface area (Å²) in [6, 6.07) is 7.67. The lowest BCUT2D eigenvalue weighted by molar-refractivity contribution is 0.318. The minimum atomic E-state index is 0.166. The smallest absolute Gasteiger partial charge is 0.135 e. The Kier molecular flexibility index (Phi) is 3.93. The molecule has 1 aliphatic rings. The van der Waals surface area contributed by atoms with Crippen LogP contribution in [0.4, 0.5) is 0 Å². The summed E-state index contributed by atoms with van der Waals surface area (Å²) in [7, 11) is 0. The molecule has 22 heavy (non-hydrogen) atoms. The van der Waals surface area contributed by atoms with E-state index in [2.05, 4.69) is 4.98 Å². The molecule has 1 aliphatic heterocycles. The van der Waals surface area contributed by atoms with Gasteiger partial charge in [0.05, 0.1) is 17.8 Å². The number of benzene rings is 1. The quantitative estimate of drug-likeness (QED) is 0.873. The zero-order valence-corrected chi connectivity index (χ0v) is 13.9. The van der Waals surface area contributed by atoms with E-state index in [-0.39, 0.29) is 11.8 Å². The van der Waals surface area contributed by atoms with E-state index in [0.717, 1.165) is 11.3 Å². The number of halogens is 1. The molecule has 0 unspecified atom stereocenters. The van der Waals surface area contributed by atoms with Gasteiger partial charge in [0, 0.05) is 22.0 Å². The van der Waals surface area contributed by atoms with Crippen molar-refractivity contribution < 1.29 is 5.11 Å². The van der Waals surface area contributed by atoms with Gasteiger partial charge in [-0.25, -0.2) is 4.98 Å². The fourth-order valence-corrected chi connectivity index (χ4v) is 3.52. The molecular weight excluding hydrogens is 318 g/mol. The van der Waals surface area contributed by atoms with Crippen LogP contribution in [0.5, 0.6) is 0 Å². The summed E-state index contributed by atoms with van der Waals surface area (Å²) in [5.74, 6) is 0.546. The first-order valence-corrected chi connectivity index (χ1v) is 8.22. The summed E-state index contributed by atoms with van der Waals surface area (Å²) in [5.41, 5.74) is 2.27. The average molecular weight is 334 g/mol. The van der Waals surface area contributed by atoms with E-state index in [1.807, 2.05) is 48.4 Å². The molecule has 114 valence electrons. The second-order valence-corrected chi connectivity index (χ2v) is 6.73. The van der Waals surface area contributed by atoms with Gasteiger partial charge in [-0.15, -0.1) is 11.3 Å². The summed E-state index contributed by atoms with van der Waals surface area (Å²) >= 11 is 7.44. The van der Waals surface area contributed by atoms with Crippen LogP contribution in [-0.2, 0) is 0 Å². The van der Waals surface area contributed by atoms with Crippen molar-refractivity contribution in [2.24, 2.45) is 0 Å².